The molecule has 194 valence electrons. The molecule has 20 heteroatoms. The lowest BCUT2D eigenvalue weighted by atomic mass is 9.97. The molecule has 0 aromatic rings. The van der Waals surface area contributed by atoms with Crippen molar-refractivity contribution in [1.82, 2.24) is 0 Å². The van der Waals surface area contributed by atoms with Gasteiger partial charge in [-0.1, -0.05) is 0 Å². The highest BCUT2D eigenvalue weighted by Gasteiger charge is 2.55. The van der Waals surface area contributed by atoms with Crippen LogP contribution in [-0.2, 0) is 52.9 Å². The topological polar surface area (TPSA) is 282 Å². The number of carbonyl (C=O) groups is 1. The van der Waals surface area contributed by atoms with Gasteiger partial charge in [-0.2, -0.15) is 16.8 Å². The van der Waals surface area contributed by atoms with Gasteiger partial charge in [0.15, 0.2) is 30.9 Å². The van der Waals surface area contributed by atoms with Crippen LogP contribution in [0, 0.1) is 0 Å². The molecule has 0 aromatic heterocycles. The number of carboxylic acid groups (broad SMARTS) is 1. The Morgan fingerprint density at radius 2 is 1.36 bits per heavy atom. The smallest absolute Gasteiger partial charge is 0.397 e. The van der Waals surface area contributed by atoms with Crippen molar-refractivity contribution in [1.29, 1.82) is 0 Å². The van der Waals surface area contributed by atoms with E-state index in [4.69, 9.17) is 28.1 Å². The SMILES string of the molecule is CO[C@@H]1O[C@H](C(=O)O)[C@@H](O[C@H]2O[C@H](CO)[C@@H](O)[C@H](O)[C@H]2OS(=O)(=O)O)[C@H](O)[C@H]1OS(=O)(=O)O. The first kappa shape index (κ1) is 28.1. The summed E-state index contributed by atoms with van der Waals surface area (Å²) >= 11 is 0. The van der Waals surface area contributed by atoms with Crippen LogP contribution in [0.15, 0.2) is 0 Å². The van der Waals surface area contributed by atoms with E-state index in [0.29, 0.717) is 0 Å². The third kappa shape index (κ3) is 6.95. The highest BCUT2D eigenvalue weighted by molar-refractivity contribution is 7.81. The van der Waals surface area contributed by atoms with E-state index in [2.05, 4.69) is 8.37 Å². The van der Waals surface area contributed by atoms with Gasteiger partial charge in [-0.3, -0.25) is 9.11 Å². The Hall–Kier alpha value is -1.11. The molecule has 0 unspecified atom stereocenters. The lowest BCUT2D eigenvalue weighted by Gasteiger charge is -2.45. The predicted octanol–water partition coefficient (Wildman–Crippen LogP) is -5.00. The maximum Gasteiger partial charge on any atom is 0.397 e. The Bertz CT molecular complexity index is 889. The van der Waals surface area contributed by atoms with E-state index in [1.807, 2.05) is 0 Å². The largest absolute Gasteiger partial charge is 0.479 e. The molecule has 18 nitrogen and oxygen atoms in total. The molecule has 0 aliphatic carbocycles. The Morgan fingerprint density at radius 3 is 1.79 bits per heavy atom. The monoisotopic (exact) mass is 530 g/mol. The van der Waals surface area contributed by atoms with Crippen molar-refractivity contribution in [2.45, 2.75) is 61.4 Å². The van der Waals surface area contributed by atoms with E-state index in [1.165, 1.54) is 0 Å². The number of methoxy groups -OCH3 is 1. The van der Waals surface area contributed by atoms with Crippen LogP contribution >= 0.6 is 0 Å². The lowest BCUT2D eigenvalue weighted by Crippen LogP contribution is -2.66. The standard InChI is InChI=1S/C13H22O18S2/c1-26-12-9(31-33(23,24)25)6(17)7(10(29-12)11(18)19)28-13-8(30-32(20,21)22)5(16)4(15)3(2-14)27-13/h3-10,12-17H,2H2,1H3,(H,18,19)(H,20,21,22)(H,23,24,25)/t3-,4-,5+,6+,7+,8-,9-,10+,12-,13-/m1/s1. The van der Waals surface area contributed by atoms with Gasteiger partial charge < -0.3 is 44.5 Å². The zero-order chi connectivity index (χ0) is 25.3. The van der Waals surface area contributed by atoms with Gasteiger partial charge in [0.25, 0.3) is 0 Å². The van der Waals surface area contributed by atoms with E-state index in [-0.39, 0.29) is 0 Å². The van der Waals surface area contributed by atoms with E-state index < -0.39 is 94.8 Å². The first-order valence-corrected chi connectivity index (χ1v) is 11.5. The molecule has 2 heterocycles. The van der Waals surface area contributed by atoms with Gasteiger partial charge in [0.1, 0.15) is 30.5 Å². The summed E-state index contributed by atoms with van der Waals surface area (Å²) in [5, 5.41) is 49.3. The second kappa shape index (κ2) is 10.7. The molecule has 2 aliphatic heterocycles. The average molecular weight is 530 g/mol. The zero-order valence-corrected chi connectivity index (χ0v) is 18.1. The maximum absolute atomic E-state index is 11.6. The molecule has 2 fully saturated rings. The molecule has 0 amide bonds. The summed E-state index contributed by atoms with van der Waals surface area (Å²) in [5.41, 5.74) is 0. The first-order chi connectivity index (χ1) is 15.1. The van der Waals surface area contributed by atoms with Crippen molar-refractivity contribution in [2.24, 2.45) is 0 Å². The number of aliphatic hydroxyl groups is 4. The molecular formula is C13H22O18S2. The summed E-state index contributed by atoms with van der Waals surface area (Å²) in [6, 6.07) is 0. The predicted molar refractivity (Wildman–Crippen MR) is 94.8 cm³/mol. The van der Waals surface area contributed by atoms with Crippen molar-refractivity contribution >= 4 is 26.8 Å². The van der Waals surface area contributed by atoms with Gasteiger partial charge in [0.2, 0.25) is 0 Å². The van der Waals surface area contributed by atoms with Gasteiger partial charge in [0.05, 0.1) is 6.61 Å². The van der Waals surface area contributed by atoms with Crippen LogP contribution in [0.25, 0.3) is 0 Å². The van der Waals surface area contributed by atoms with Crippen LogP contribution in [0.5, 0.6) is 0 Å². The number of aliphatic hydroxyl groups excluding tert-OH is 4. The van der Waals surface area contributed by atoms with Gasteiger partial charge in [-0.15, -0.1) is 0 Å². The van der Waals surface area contributed by atoms with Crippen molar-refractivity contribution in [3.05, 3.63) is 0 Å². The van der Waals surface area contributed by atoms with Gasteiger partial charge in [0, 0.05) is 7.11 Å². The van der Waals surface area contributed by atoms with Crippen molar-refractivity contribution in [3.63, 3.8) is 0 Å². The van der Waals surface area contributed by atoms with Crippen molar-refractivity contribution in [2.75, 3.05) is 13.7 Å². The molecule has 7 N–H and O–H groups in total. The molecule has 0 aromatic carbocycles. The van der Waals surface area contributed by atoms with Crippen LogP contribution in [0.4, 0.5) is 0 Å². The molecule has 33 heavy (non-hydrogen) atoms. The average Bonchev–Trinajstić information content (AvgIpc) is 2.68. The normalized spacial score (nSPS) is 40.5. The van der Waals surface area contributed by atoms with E-state index in [9.17, 15) is 47.2 Å². The second-order valence-electron chi connectivity index (χ2n) is 6.77. The van der Waals surface area contributed by atoms with E-state index >= 15 is 0 Å². The summed E-state index contributed by atoms with van der Waals surface area (Å²) in [5.74, 6) is -1.81. The number of ether oxygens (including phenoxy) is 4. The quantitative estimate of drug-likeness (QED) is 0.137. The van der Waals surface area contributed by atoms with E-state index in [0.717, 1.165) is 7.11 Å². The number of hydrogen-bond acceptors (Lipinski definition) is 15. The summed E-state index contributed by atoms with van der Waals surface area (Å²) in [4.78, 5) is 11.6. The number of hydrogen-bond donors (Lipinski definition) is 7. The molecule has 0 saturated carbocycles. The number of carboxylic acids is 1. The van der Waals surface area contributed by atoms with Crippen LogP contribution in [0.1, 0.15) is 0 Å². The van der Waals surface area contributed by atoms with Gasteiger partial charge in [-0.25, -0.2) is 13.2 Å². The highest BCUT2D eigenvalue weighted by atomic mass is 32.3. The van der Waals surface area contributed by atoms with Crippen LogP contribution in [0.2, 0.25) is 0 Å². The Kier molecular flexibility index (Phi) is 9.08. The highest BCUT2D eigenvalue weighted by Crippen LogP contribution is 2.32. The fraction of sp³-hybridized carbons (Fsp3) is 0.923. The third-order valence-electron chi connectivity index (χ3n) is 4.58. The summed E-state index contributed by atoms with van der Waals surface area (Å²) in [7, 11) is -9.67. The number of rotatable bonds is 9. The van der Waals surface area contributed by atoms with Crippen LogP contribution in [0.3, 0.4) is 0 Å². The number of aliphatic carboxylic acids is 1. The Labute approximate surface area is 186 Å². The molecular weight excluding hydrogens is 508 g/mol. The fourth-order valence-electron chi connectivity index (χ4n) is 3.17. The summed E-state index contributed by atoms with van der Waals surface area (Å²) in [6.45, 7) is -0.969. The fourth-order valence-corrected chi connectivity index (χ4v) is 4.14. The van der Waals surface area contributed by atoms with Crippen LogP contribution in [-0.4, -0.2) is 133 Å². The molecule has 0 radical (unpaired) electrons. The Balaban J connectivity index is 2.42. The van der Waals surface area contributed by atoms with E-state index in [1.54, 1.807) is 0 Å². The molecule has 2 rings (SSSR count). The third-order valence-corrected chi connectivity index (χ3v) is 5.51. The molecule has 2 aliphatic rings. The van der Waals surface area contributed by atoms with Gasteiger partial charge >= 0.3 is 26.8 Å². The Morgan fingerprint density at radius 1 is 0.848 bits per heavy atom. The molecule has 0 spiro atoms. The minimum Gasteiger partial charge on any atom is -0.479 e. The molecule has 0 bridgehead atoms. The minimum atomic E-state index is -5.33. The lowest BCUT2D eigenvalue weighted by molar-refractivity contribution is -0.347. The van der Waals surface area contributed by atoms with Crippen molar-refractivity contribution < 1.29 is 83.6 Å². The second-order valence-corrected chi connectivity index (χ2v) is 8.87. The molecule has 10 atom stereocenters. The first-order valence-electron chi connectivity index (χ1n) is 8.78. The molecule has 2 saturated heterocycles. The summed E-state index contributed by atoms with van der Waals surface area (Å²) in [6.07, 6.45) is -21.0. The van der Waals surface area contributed by atoms with Crippen molar-refractivity contribution in [3.8, 4) is 0 Å². The maximum atomic E-state index is 11.6. The summed E-state index contributed by atoms with van der Waals surface area (Å²) < 4.78 is 90.8. The minimum absolute atomic E-state index is 0.918. The van der Waals surface area contributed by atoms with Gasteiger partial charge in [-0.05, 0) is 0 Å². The zero-order valence-electron chi connectivity index (χ0n) is 16.4. The van der Waals surface area contributed by atoms with Crippen LogP contribution < -0.4 is 0 Å².